The molecule has 0 aliphatic heterocycles. The van der Waals surface area contributed by atoms with Crippen LogP contribution in [0.3, 0.4) is 0 Å². The molecule has 7 heteroatoms. The lowest BCUT2D eigenvalue weighted by Gasteiger charge is -2.11. The van der Waals surface area contributed by atoms with Crippen molar-refractivity contribution in [2.75, 3.05) is 6.54 Å². The third-order valence-electron chi connectivity index (χ3n) is 3.26. The van der Waals surface area contributed by atoms with E-state index in [2.05, 4.69) is 9.71 Å². The molecule has 1 atom stereocenters. The first-order valence-corrected chi connectivity index (χ1v) is 8.43. The summed E-state index contributed by atoms with van der Waals surface area (Å²) in [6.07, 6.45) is 1.37. The van der Waals surface area contributed by atoms with Gasteiger partial charge in [0.25, 0.3) is 0 Å². The average Bonchev–Trinajstić information content (AvgIpc) is 3.13. The Kier molecular flexibility index (Phi) is 3.30. The molecule has 0 spiro atoms. The van der Waals surface area contributed by atoms with Gasteiger partial charge in [0.2, 0.25) is 10.0 Å². The monoisotopic (exact) mass is 298 g/mol. The van der Waals surface area contributed by atoms with Crippen molar-refractivity contribution in [3.63, 3.8) is 0 Å². The smallest absolute Gasteiger partial charge is 0.240 e. The highest BCUT2D eigenvalue weighted by molar-refractivity contribution is 7.89. The Bertz CT molecular complexity index is 692. The summed E-state index contributed by atoms with van der Waals surface area (Å²) in [7, 11) is -3.58. The highest BCUT2D eigenvalue weighted by Crippen LogP contribution is 2.32. The molecule has 0 radical (unpaired) electrons. The highest BCUT2D eigenvalue weighted by Gasteiger charge is 2.30. The number of fused-ring (bicyclic) bond motifs is 1. The minimum Gasteiger partial charge on any atom is -0.391 e. The molecule has 0 bridgehead atoms. The minimum absolute atomic E-state index is 0.0715. The number of thiazole rings is 1. The van der Waals surface area contributed by atoms with Crippen LogP contribution in [0, 0.1) is 5.92 Å². The van der Waals surface area contributed by atoms with Crippen LogP contribution in [-0.2, 0) is 10.0 Å². The number of hydrogen-bond donors (Lipinski definition) is 2. The first-order chi connectivity index (χ1) is 9.06. The molecule has 5 nitrogen and oxygen atoms in total. The van der Waals surface area contributed by atoms with E-state index in [9.17, 15) is 13.5 Å². The van der Waals surface area contributed by atoms with E-state index in [1.165, 1.54) is 11.3 Å². The first kappa shape index (κ1) is 13.0. The Morgan fingerprint density at radius 1 is 1.47 bits per heavy atom. The summed E-state index contributed by atoms with van der Waals surface area (Å²) in [6, 6.07) is 4.86. The number of sulfonamides is 1. The van der Waals surface area contributed by atoms with E-state index in [0.717, 1.165) is 17.5 Å². The van der Waals surface area contributed by atoms with E-state index in [1.807, 2.05) is 0 Å². The maximum absolute atomic E-state index is 12.1. The number of benzene rings is 1. The molecule has 0 amide bonds. The van der Waals surface area contributed by atoms with Gasteiger partial charge in [-0.15, -0.1) is 11.3 Å². The summed E-state index contributed by atoms with van der Waals surface area (Å²) in [5.41, 5.74) is 2.36. The van der Waals surface area contributed by atoms with E-state index in [-0.39, 0.29) is 17.4 Å². The minimum atomic E-state index is -3.58. The molecule has 1 aromatic heterocycles. The van der Waals surface area contributed by atoms with Crippen molar-refractivity contribution >= 4 is 31.6 Å². The number of aliphatic hydroxyl groups is 1. The number of nitrogens with one attached hydrogen (secondary N) is 1. The van der Waals surface area contributed by atoms with Gasteiger partial charge in [-0.25, -0.2) is 18.1 Å². The van der Waals surface area contributed by atoms with Crippen molar-refractivity contribution in [1.82, 2.24) is 9.71 Å². The fraction of sp³-hybridized carbons (Fsp3) is 0.417. The van der Waals surface area contributed by atoms with Crippen LogP contribution in [0.5, 0.6) is 0 Å². The fourth-order valence-electron chi connectivity index (χ4n) is 1.93. The topological polar surface area (TPSA) is 79.3 Å². The van der Waals surface area contributed by atoms with Crippen LogP contribution in [-0.4, -0.2) is 31.2 Å². The van der Waals surface area contributed by atoms with Crippen molar-refractivity contribution < 1.29 is 13.5 Å². The number of hydrogen-bond acceptors (Lipinski definition) is 5. The molecular weight excluding hydrogens is 284 g/mol. The third-order valence-corrected chi connectivity index (χ3v) is 5.49. The van der Waals surface area contributed by atoms with Gasteiger partial charge in [0.05, 0.1) is 26.7 Å². The summed E-state index contributed by atoms with van der Waals surface area (Å²) in [4.78, 5) is 4.29. The van der Waals surface area contributed by atoms with Crippen molar-refractivity contribution in [3.05, 3.63) is 23.7 Å². The van der Waals surface area contributed by atoms with Crippen LogP contribution in [0.1, 0.15) is 12.8 Å². The normalized spacial score (nSPS) is 17.7. The molecule has 1 unspecified atom stereocenters. The summed E-state index contributed by atoms with van der Waals surface area (Å²) in [5, 5.41) is 9.70. The van der Waals surface area contributed by atoms with E-state index in [4.69, 9.17) is 0 Å². The molecule has 2 aromatic rings. The largest absolute Gasteiger partial charge is 0.391 e. The number of aromatic nitrogens is 1. The molecule has 19 heavy (non-hydrogen) atoms. The van der Waals surface area contributed by atoms with Gasteiger partial charge >= 0.3 is 0 Å². The van der Waals surface area contributed by atoms with Gasteiger partial charge in [-0.1, -0.05) is 0 Å². The van der Waals surface area contributed by atoms with Gasteiger partial charge in [-0.05, 0) is 37.0 Å². The molecule has 1 fully saturated rings. The molecule has 0 saturated heterocycles. The predicted molar refractivity (Wildman–Crippen MR) is 73.5 cm³/mol. The van der Waals surface area contributed by atoms with Crippen LogP contribution >= 0.6 is 11.3 Å². The van der Waals surface area contributed by atoms with E-state index >= 15 is 0 Å². The molecule has 1 aliphatic carbocycles. The summed E-state index contributed by atoms with van der Waals surface area (Å²) in [6.45, 7) is 0.0715. The first-order valence-electron chi connectivity index (χ1n) is 6.07. The van der Waals surface area contributed by atoms with E-state index in [1.54, 1.807) is 23.7 Å². The van der Waals surface area contributed by atoms with E-state index < -0.39 is 16.1 Å². The maximum atomic E-state index is 12.1. The van der Waals surface area contributed by atoms with Crippen LogP contribution < -0.4 is 4.72 Å². The molecule has 102 valence electrons. The van der Waals surface area contributed by atoms with Crippen LogP contribution in [0.4, 0.5) is 0 Å². The number of nitrogens with zero attached hydrogens (tertiary/aromatic N) is 1. The zero-order valence-corrected chi connectivity index (χ0v) is 11.7. The van der Waals surface area contributed by atoms with Gasteiger partial charge in [0.15, 0.2) is 0 Å². The molecule has 1 aliphatic rings. The van der Waals surface area contributed by atoms with Gasteiger partial charge in [-0.2, -0.15) is 0 Å². The zero-order valence-electron chi connectivity index (χ0n) is 10.1. The molecule has 3 rings (SSSR count). The Morgan fingerprint density at radius 3 is 3.00 bits per heavy atom. The molecule has 1 aromatic carbocycles. The van der Waals surface area contributed by atoms with Crippen molar-refractivity contribution in [1.29, 1.82) is 0 Å². The molecule has 2 N–H and O–H groups in total. The van der Waals surface area contributed by atoms with Crippen LogP contribution in [0.25, 0.3) is 10.2 Å². The van der Waals surface area contributed by atoms with Crippen molar-refractivity contribution in [3.8, 4) is 0 Å². The number of aliphatic hydroxyl groups excluding tert-OH is 1. The Labute approximate surface area is 115 Å². The molecular formula is C12H14N2O3S2. The second-order valence-electron chi connectivity index (χ2n) is 4.74. The van der Waals surface area contributed by atoms with Gasteiger partial charge in [0.1, 0.15) is 0 Å². The SMILES string of the molecule is O=S(=O)(NCC(O)C1CC1)c1ccc2scnc2c1. The Morgan fingerprint density at radius 2 is 2.26 bits per heavy atom. The third kappa shape index (κ3) is 2.79. The van der Waals surface area contributed by atoms with Gasteiger partial charge in [-0.3, -0.25) is 0 Å². The lowest BCUT2D eigenvalue weighted by atomic mass is 10.2. The number of rotatable bonds is 5. The second-order valence-corrected chi connectivity index (χ2v) is 7.39. The van der Waals surface area contributed by atoms with Crippen LogP contribution in [0.15, 0.2) is 28.6 Å². The Hall–Kier alpha value is -1.02. The summed E-state index contributed by atoms with van der Waals surface area (Å²) in [5.74, 6) is 0.253. The summed E-state index contributed by atoms with van der Waals surface area (Å²) >= 11 is 1.47. The van der Waals surface area contributed by atoms with Gasteiger partial charge in [0, 0.05) is 6.54 Å². The fourth-order valence-corrected chi connectivity index (χ4v) is 3.66. The second kappa shape index (κ2) is 4.82. The van der Waals surface area contributed by atoms with Crippen LogP contribution in [0.2, 0.25) is 0 Å². The summed E-state index contributed by atoms with van der Waals surface area (Å²) < 4.78 is 27.6. The Balaban J connectivity index is 1.78. The predicted octanol–water partition coefficient (Wildman–Crippen LogP) is 1.35. The van der Waals surface area contributed by atoms with Crippen molar-refractivity contribution in [2.45, 2.75) is 23.8 Å². The van der Waals surface area contributed by atoms with E-state index in [0.29, 0.717) is 5.52 Å². The standard InChI is InChI=1S/C12H14N2O3S2/c15-11(8-1-2-8)6-14-19(16,17)9-3-4-12-10(5-9)13-7-18-12/h3-5,7-8,11,14-15H,1-2,6H2. The van der Waals surface area contributed by atoms with Crippen molar-refractivity contribution in [2.24, 2.45) is 5.92 Å². The highest BCUT2D eigenvalue weighted by atomic mass is 32.2. The quantitative estimate of drug-likeness (QED) is 0.873. The molecule has 1 saturated carbocycles. The van der Waals surface area contributed by atoms with Gasteiger partial charge < -0.3 is 5.11 Å². The average molecular weight is 298 g/mol. The zero-order chi connectivity index (χ0) is 13.5. The maximum Gasteiger partial charge on any atom is 0.240 e. The lowest BCUT2D eigenvalue weighted by Crippen LogP contribution is -2.33. The molecule has 1 heterocycles. The lowest BCUT2D eigenvalue weighted by molar-refractivity contribution is 0.155.